The van der Waals surface area contributed by atoms with E-state index < -0.39 is 6.17 Å². The molecule has 0 bridgehead atoms. The molecule has 2 aromatic heterocycles. The maximum atomic E-state index is 13.4. The fourth-order valence-electron chi connectivity index (χ4n) is 3.46. The lowest BCUT2D eigenvalue weighted by atomic mass is 10.1. The number of hydrogen-bond acceptors (Lipinski definition) is 5. The van der Waals surface area contributed by atoms with Gasteiger partial charge in [-0.15, -0.1) is 0 Å². The van der Waals surface area contributed by atoms with Crippen LogP contribution in [0.1, 0.15) is 12.8 Å². The van der Waals surface area contributed by atoms with E-state index in [-0.39, 0.29) is 0 Å². The van der Waals surface area contributed by atoms with Crippen LogP contribution in [-0.2, 0) is 0 Å². The van der Waals surface area contributed by atoms with E-state index in [9.17, 15) is 4.39 Å². The van der Waals surface area contributed by atoms with Gasteiger partial charge in [0.1, 0.15) is 25.2 Å². The summed E-state index contributed by atoms with van der Waals surface area (Å²) >= 11 is 0. The Hall–Kier alpha value is -2.83. The van der Waals surface area contributed by atoms with E-state index in [1.54, 1.807) is 0 Å². The van der Waals surface area contributed by atoms with Crippen LogP contribution in [0, 0.1) is 0 Å². The van der Waals surface area contributed by atoms with Gasteiger partial charge in [0.05, 0.1) is 5.69 Å². The first-order chi connectivity index (χ1) is 12.8. The zero-order valence-electron chi connectivity index (χ0n) is 14.3. The van der Waals surface area contributed by atoms with Gasteiger partial charge >= 0.3 is 0 Å². The van der Waals surface area contributed by atoms with Crippen molar-refractivity contribution >= 4 is 11.6 Å². The summed E-state index contributed by atoms with van der Waals surface area (Å²) in [6.07, 6.45) is 4.33. The Kier molecular flexibility index (Phi) is 3.65. The zero-order chi connectivity index (χ0) is 17.5. The van der Waals surface area contributed by atoms with Crippen molar-refractivity contribution in [3.8, 4) is 22.8 Å². The second-order valence-corrected chi connectivity index (χ2v) is 6.64. The van der Waals surface area contributed by atoms with E-state index in [0.717, 1.165) is 28.6 Å². The molecule has 3 aromatic rings. The molecular formula is C19H19FN4O2. The molecule has 7 heteroatoms. The number of fused-ring (bicyclic) bond motifs is 2. The molecule has 0 radical (unpaired) electrons. The van der Waals surface area contributed by atoms with Gasteiger partial charge in [-0.1, -0.05) is 0 Å². The summed E-state index contributed by atoms with van der Waals surface area (Å²) < 4.78 is 26.5. The van der Waals surface area contributed by atoms with Crippen LogP contribution >= 0.6 is 0 Å². The monoisotopic (exact) mass is 354 g/mol. The highest BCUT2D eigenvalue weighted by atomic mass is 19.1. The average Bonchev–Trinajstić information content (AvgIpc) is 3.11. The van der Waals surface area contributed by atoms with Crippen LogP contribution in [0.2, 0.25) is 0 Å². The van der Waals surface area contributed by atoms with Gasteiger partial charge < -0.3 is 14.4 Å². The molecule has 4 heterocycles. The number of aromatic nitrogens is 3. The number of hydrogen-bond donors (Lipinski definition) is 0. The SMILES string of the molecule is FC1CCN(c2ccn3cc(-c4ccc5c(c4)OCCO5)nc3n2)CC1. The van der Waals surface area contributed by atoms with Gasteiger partial charge in [0, 0.05) is 31.0 Å². The summed E-state index contributed by atoms with van der Waals surface area (Å²) in [5, 5.41) is 0. The van der Waals surface area contributed by atoms with E-state index in [0.29, 0.717) is 44.9 Å². The maximum absolute atomic E-state index is 13.4. The Morgan fingerprint density at radius 2 is 1.81 bits per heavy atom. The predicted molar refractivity (Wildman–Crippen MR) is 95.8 cm³/mol. The molecule has 134 valence electrons. The van der Waals surface area contributed by atoms with Crippen LogP contribution in [0.4, 0.5) is 10.2 Å². The first-order valence-electron chi connectivity index (χ1n) is 8.91. The minimum Gasteiger partial charge on any atom is -0.486 e. The third-order valence-electron chi connectivity index (χ3n) is 4.90. The molecule has 2 aliphatic heterocycles. The molecule has 1 aromatic carbocycles. The normalized spacial score (nSPS) is 17.7. The van der Waals surface area contributed by atoms with Gasteiger partial charge in [-0.3, -0.25) is 4.40 Å². The number of benzene rings is 1. The van der Waals surface area contributed by atoms with Crippen LogP contribution in [0.25, 0.3) is 17.0 Å². The zero-order valence-corrected chi connectivity index (χ0v) is 14.3. The first-order valence-corrected chi connectivity index (χ1v) is 8.91. The molecule has 6 nitrogen and oxygen atoms in total. The molecule has 2 aliphatic rings. The van der Waals surface area contributed by atoms with Crippen molar-refractivity contribution in [3.05, 3.63) is 36.7 Å². The van der Waals surface area contributed by atoms with Crippen LogP contribution < -0.4 is 14.4 Å². The van der Waals surface area contributed by atoms with Crippen LogP contribution in [0.15, 0.2) is 36.7 Å². The van der Waals surface area contributed by atoms with Crippen molar-refractivity contribution in [1.82, 2.24) is 14.4 Å². The molecule has 26 heavy (non-hydrogen) atoms. The lowest BCUT2D eigenvalue weighted by Crippen LogP contribution is -2.34. The third-order valence-corrected chi connectivity index (χ3v) is 4.90. The lowest BCUT2D eigenvalue weighted by Gasteiger charge is -2.29. The minimum absolute atomic E-state index is 0.558. The maximum Gasteiger partial charge on any atom is 0.236 e. The molecule has 1 fully saturated rings. The van der Waals surface area contributed by atoms with Crippen molar-refractivity contribution in [2.24, 2.45) is 0 Å². The number of nitrogens with zero attached hydrogens (tertiary/aromatic N) is 4. The quantitative estimate of drug-likeness (QED) is 0.708. The average molecular weight is 354 g/mol. The predicted octanol–water partition coefficient (Wildman–Crippen LogP) is 3.11. The Labute approximate surface area is 150 Å². The number of alkyl halides is 1. The first kappa shape index (κ1) is 15.4. The summed E-state index contributed by atoms with van der Waals surface area (Å²) in [6.45, 7) is 2.52. The number of halogens is 1. The minimum atomic E-state index is -0.691. The molecule has 5 rings (SSSR count). The molecule has 0 N–H and O–H groups in total. The Morgan fingerprint density at radius 1 is 1.00 bits per heavy atom. The molecule has 0 spiro atoms. The van der Waals surface area contributed by atoms with Gasteiger partial charge in [-0.25, -0.2) is 9.37 Å². The Balaban J connectivity index is 1.46. The molecule has 0 unspecified atom stereocenters. The fourth-order valence-corrected chi connectivity index (χ4v) is 3.46. The van der Waals surface area contributed by atoms with Crippen molar-refractivity contribution < 1.29 is 13.9 Å². The molecule has 0 aliphatic carbocycles. The summed E-state index contributed by atoms with van der Waals surface area (Å²) in [5.41, 5.74) is 1.79. The number of ether oxygens (including phenoxy) is 2. The highest BCUT2D eigenvalue weighted by Gasteiger charge is 2.20. The van der Waals surface area contributed by atoms with E-state index in [1.165, 1.54) is 0 Å². The van der Waals surface area contributed by atoms with Crippen LogP contribution in [0.3, 0.4) is 0 Å². The molecule has 0 atom stereocenters. The highest BCUT2D eigenvalue weighted by Crippen LogP contribution is 2.34. The number of anilines is 1. The smallest absolute Gasteiger partial charge is 0.236 e. The van der Waals surface area contributed by atoms with E-state index in [1.807, 2.05) is 41.1 Å². The Morgan fingerprint density at radius 3 is 2.65 bits per heavy atom. The Bertz CT molecular complexity index is 950. The molecule has 1 saturated heterocycles. The lowest BCUT2D eigenvalue weighted by molar-refractivity contribution is 0.171. The molecule has 0 amide bonds. The molecular weight excluding hydrogens is 335 g/mol. The van der Waals surface area contributed by atoms with Gasteiger partial charge in [0.25, 0.3) is 0 Å². The van der Waals surface area contributed by atoms with Crippen molar-refractivity contribution in [1.29, 1.82) is 0 Å². The van der Waals surface area contributed by atoms with E-state index in [4.69, 9.17) is 9.47 Å². The van der Waals surface area contributed by atoms with Crippen LogP contribution in [-0.4, -0.2) is 46.8 Å². The topological polar surface area (TPSA) is 51.9 Å². The van der Waals surface area contributed by atoms with Crippen molar-refractivity contribution in [2.45, 2.75) is 19.0 Å². The van der Waals surface area contributed by atoms with E-state index >= 15 is 0 Å². The van der Waals surface area contributed by atoms with E-state index in [2.05, 4.69) is 14.9 Å². The van der Waals surface area contributed by atoms with Crippen molar-refractivity contribution in [2.75, 3.05) is 31.2 Å². The second kappa shape index (κ2) is 6.16. The van der Waals surface area contributed by atoms with Crippen molar-refractivity contribution in [3.63, 3.8) is 0 Å². The van der Waals surface area contributed by atoms with Crippen LogP contribution in [0.5, 0.6) is 11.5 Å². The number of piperidine rings is 1. The second-order valence-electron chi connectivity index (χ2n) is 6.64. The summed E-state index contributed by atoms with van der Waals surface area (Å²) in [7, 11) is 0. The van der Waals surface area contributed by atoms with Gasteiger partial charge in [-0.05, 0) is 37.1 Å². The number of imidazole rings is 1. The third kappa shape index (κ3) is 2.73. The standard InChI is InChI=1S/C19H19FN4O2/c20-14-3-6-23(7-4-14)18-5-8-24-12-15(21-19(24)22-18)13-1-2-16-17(11-13)26-10-9-25-16/h1-2,5,8,11-12,14H,3-4,6-7,9-10H2. The highest BCUT2D eigenvalue weighted by molar-refractivity contribution is 5.66. The number of rotatable bonds is 2. The summed E-state index contributed by atoms with van der Waals surface area (Å²) in [6, 6.07) is 7.79. The van der Waals surface area contributed by atoms with Gasteiger partial charge in [0.15, 0.2) is 11.5 Å². The largest absolute Gasteiger partial charge is 0.486 e. The summed E-state index contributed by atoms with van der Waals surface area (Å²) in [5.74, 6) is 2.99. The molecule has 0 saturated carbocycles. The summed E-state index contributed by atoms with van der Waals surface area (Å²) in [4.78, 5) is 11.4. The fraction of sp³-hybridized carbons (Fsp3) is 0.368. The van der Waals surface area contributed by atoms with Gasteiger partial charge in [0.2, 0.25) is 5.78 Å². The van der Waals surface area contributed by atoms with Gasteiger partial charge in [-0.2, -0.15) is 4.98 Å².